The van der Waals surface area contributed by atoms with Gasteiger partial charge in [0.15, 0.2) is 6.10 Å². The molecule has 3 aromatic rings. The highest BCUT2D eigenvalue weighted by atomic mass is 19.3. The van der Waals surface area contributed by atoms with Crippen molar-refractivity contribution in [1.82, 2.24) is 19.8 Å². The molecule has 1 amide bonds. The number of aromatic nitrogens is 2. The van der Waals surface area contributed by atoms with Crippen LogP contribution in [0.1, 0.15) is 57.1 Å². The number of nitrogens with one attached hydrogen (secondary N) is 1. The lowest BCUT2D eigenvalue weighted by Gasteiger charge is -2.41. The molecule has 4 heterocycles. The number of hydrogen-bond acceptors (Lipinski definition) is 9. The second kappa shape index (κ2) is 13.4. The lowest BCUT2D eigenvalue weighted by atomic mass is 9.88. The highest BCUT2D eigenvalue weighted by molar-refractivity contribution is 5.68. The van der Waals surface area contributed by atoms with Crippen molar-refractivity contribution in [2.45, 2.75) is 69.6 Å². The second-order valence-corrected chi connectivity index (χ2v) is 13.4. The van der Waals surface area contributed by atoms with E-state index in [1.165, 1.54) is 11.6 Å². The van der Waals surface area contributed by atoms with Gasteiger partial charge in [-0.15, -0.1) is 0 Å². The lowest BCUT2D eigenvalue weighted by molar-refractivity contribution is -0.137. The van der Waals surface area contributed by atoms with E-state index in [2.05, 4.69) is 38.4 Å². The van der Waals surface area contributed by atoms with Crippen LogP contribution in [0.25, 0.3) is 11.3 Å². The van der Waals surface area contributed by atoms with Crippen molar-refractivity contribution in [3.63, 3.8) is 0 Å². The molecule has 0 saturated carbocycles. The Kier molecular flexibility index (Phi) is 9.30. The average molecular weight is 647 g/mol. The minimum absolute atomic E-state index is 0.0442. The average Bonchev–Trinajstić information content (AvgIpc) is 3.01. The molecule has 3 aliphatic rings. The van der Waals surface area contributed by atoms with E-state index in [1.54, 1.807) is 45.2 Å². The van der Waals surface area contributed by atoms with Gasteiger partial charge >= 0.3 is 12.0 Å². The Balaban J connectivity index is 1.10. The quantitative estimate of drug-likeness (QED) is 0.313. The zero-order valence-corrected chi connectivity index (χ0v) is 26.9. The third-order valence-electron chi connectivity index (χ3n) is 8.79. The van der Waals surface area contributed by atoms with Crippen LogP contribution in [-0.2, 0) is 9.47 Å². The van der Waals surface area contributed by atoms with Crippen molar-refractivity contribution in [2.24, 2.45) is 0 Å². The van der Waals surface area contributed by atoms with E-state index in [-0.39, 0.29) is 24.3 Å². The van der Waals surface area contributed by atoms with E-state index in [1.807, 2.05) is 12.1 Å². The number of piperidine rings is 2. The Bertz CT molecular complexity index is 1630. The summed E-state index contributed by atoms with van der Waals surface area (Å²) in [7, 11) is 0. The van der Waals surface area contributed by atoms with Crippen LogP contribution in [0.3, 0.4) is 0 Å². The molecule has 2 aromatic carbocycles. The number of benzene rings is 2. The van der Waals surface area contributed by atoms with Crippen molar-refractivity contribution in [2.75, 3.05) is 44.7 Å². The zero-order chi connectivity index (χ0) is 33.2. The third kappa shape index (κ3) is 7.80. The van der Waals surface area contributed by atoms with E-state index in [4.69, 9.17) is 14.2 Å². The van der Waals surface area contributed by atoms with Gasteiger partial charge in [0.1, 0.15) is 17.4 Å². The number of anilines is 2. The second-order valence-electron chi connectivity index (χ2n) is 13.4. The minimum Gasteiger partial charge on any atom is -0.483 e. The minimum atomic E-state index is -3.34. The van der Waals surface area contributed by atoms with Gasteiger partial charge in [0.05, 0.1) is 37.1 Å². The molecule has 1 atom stereocenters. The van der Waals surface area contributed by atoms with Crippen LogP contribution in [0.2, 0.25) is 0 Å². The number of amides is 1. The summed E-state index contributed by atoms with van der Waals surface area (Å²) in [4.78, 5) is 24.9. The first-order chi connectivity index (χ1) is 22.5. The zero-order valence-electron chi connectivity index (χ0n) is 26.9. The Labute approximate surface area is 273 Å². The molecule has 3 aliphatic heterocycles. The SMILES string of the molecule is CC(C)(C)OC(=O)N1CC[C@H](Oc2ccc(-c3ccnc(Nc4cccc(C5CCN(C6COC6)CC5)c4)n3)cc2C#N)C(F)(F)C1. The standard InChI is InChI=1S/C35H40F2N6O4/c1-34(2,3)47-33(44)43-16-12-31(35(36,37)22-43)46-30-8-7-25(17-26(30)19-38)29-9-13-39-32(41-29)40-27-6-4-5-24(18-27)23-10-14-42(15-11-23)28-20-45-21-28/h4-9,13,17-18,23,28,31H,10-12,14-16,20-22H2,1-3H3,(H,39,40,41)/t31-/m0/s1. The van der Waals surface area contributed by atoms with Crippen LogP contribution >= 0.6 is 0 Å². The molecule has 3 saturated heterocycles. The molecule has 1 aromatic heterocycles. The number of likely N-dealkylation sites (tertiary alicyclic amines) is 2. The van der Waals surface area contributed by atoms with Gasteiger partial charge in [-0.2, -0.15) is 5.26 Å². The lowest BCUT2D eigenvalue weighted by Crippen LogP contribution is -2.56. The maximum Gasteiger partial charge on any atom is 0.410 e. The molecular formula is C35H40F2N6O4. The predicted molar refractivity (Wildman–Crippen MR) is 172 cm³/mol. The molecular weight excluding hydrogens is 606 g/mol. The molecule has 3 fully saturated rings. The fourth-order valence-corrected chi connectivity index (χ4v) is 6.19. The van der Waals surface area contributed by atoms with Gasteiger partial charge in [0.2, 0.25) is 5.95 Å². The first-order valence-corrected chi connectivity index (χ1v) is 16.1. The van der Waals surface area contributed by atoms with Crippen molar-refractivity contribution in [1.29, 1.82) is 5.26 Å². The Morgan fingerprint density at radius 3 is 2.55 bits per heavy atom. The van der Waals surface area contributed by atoms with Gasteiger partial charge in [0, 0.05) is 30.4 Å². The van der Waals surface area contributed by atoms with Crippen molar-refractivity contribution in [3.05, 3.63) is 65.9 Å². The summed E-state index contributed by atoms with van der Waals surface area (Å²) in [5, 5.41) is 13.2. The normalized spacial score (nSPS) is 20.6. The van der Waals surface area contributed by atoms with Crippen molar-refractivity contribution in [3.8, 4) is 23.1 Å². The maximum absolute atomic E-state index is 15.1. The molecule has 0 unspecified atom stereocenters. The van der Waals surface area contributed by atoms with E-state index >= 15 is 8.78 Å². The molecule has 47 heavy (non-hydrogen) atoms. The molecule has 0 spiro atoms. The van der Waals surface area contributed by atoms with E-state index in [0.29, 0.717) is 29.2 Å². The predicted octanol–water partition coefficient (Wildman–Crippen LogP) is 6.36. The van der Waals surface area contributed by atoms with Crippen LogP contribution < -0.4 is 10.1 Å². The first-order valence-electron chi connectivity index (χ1n) is 16.1. The summed E-state index contributed by atoms with van der Waals surface area (Å²) in [5.41, 5.74) is 2.65. The summed E-state index contributed by atoms with van der Waals surface area (Å²) < 4.78 is 46.5. The van der Waals surface area contributed by atoms with E-state index < -0.39 is 30.3 Å². The number of halogens is 2. The number of carbonyl (C=O) groups is 1. The third-order valence-corrected chi connectivity index (χ3v) is 8.79. The molecule has 0 bridgehead atoms. The fourth-order valence-electron chi connectivity index (χ4n) is 6.19. The molecule has 12 heteroatoms. The largest absolute Gasteiger partial charge is 0.483 e. The summed E-state index contributed by atoms with van der Waals surface area (Å²) in [6, 6.07) is 17.4. The number of alkyl halides is 2. The number of nitriles is 1. The van der Waals surface area contributed by atoms with Crippen LogP contribution in [0.4, 0.5) is 25.2 Å². The van der Waals surface area contributed by atoms with Gasteiger partial charge in [-0.05, 0) is 94.6 Å². The van der Waals surface area contributed by atoms with Crippen LogP contribution in [0, 0.1) is 11.3 Å². The number of ether oxygens (including phenoxy) is 3. The molecule has 1 N–H and O–H groups in total. The molecule has 0 radical (unpaired) electrons. The van der Waals surface area contributed by atoms with Crippen LogP contribution in [-0.4, -0.2) is 88.9 Å². The Hall–Kier alpha value is -4.34. The van der Waals surface area contributed by atoms with Gasteiger partial charge in [-0.3, -0.25) is 4.90 Å². The molecule has 6 rings (SSSR count). The fraction of sp³-hybridized carbons (Fsp3) is 0.486. The van der Waals surface area contributed by atoms with Crippen LogP contribution in [0.5, 0.6) is 5.75 Å². The van der Waals surface area contributed by atoms with E-state index in [0.717, 1.165) is 49.7 Å². The monoisotopic (exact) mass is 646 g/mol. The van der Waals surface area contributed by atoms with Gasteiger partial charge < -0.3 is 24.4 Å². The maximum atomic E-state index is 15.1. The summed E-state index contributed by atoms with van der Waals surface area (Å²) in [6.45, 7) is 8.10. The Morgan fingerprint density at radius 1 is 1.09 bits per heavy atom. The van der Waals surface area contributed by atoms with Crippen molar-refractivity contribution < 1.29 is 27.8 Å². The van der Waals surface area contributed by atoms with Crippen molar-refractivity contribution >= 4 is 17.7 Å². The van der Waals surface area contributed by atoms with Gasteiger partial charge in [-0.25, -0.2) is 23.5 Å². The Morgan fingerprint density at radius 2 is 1.87 bits per heavy atom. The molecule has 0 aliphatic carbocycles. The molecule has 10 nitrogen and oxygen atoms in total. The summed E-state index contributed by atoms with van der Waals surface area (Å²) in [6.07, 6.45) is 1.43. The smallest absolute Gasteiger partial charge is 0.410 e. The number of hydrogen-bond donors (Lipinski definition) is 1. The number of rotatable bonds is 7. The summed E-state index contributed by atoms with van der Waals surface area (Å²) in [5.74, 6) is -2.41. The van der Waals surface area contributed by atoms with Crippen LogP contribution in [0.15, 0.2) is 54.7 Å². The topological polar surface area (TPSA) is 113 Å². The number of nitrogens with zero attached hydrogens (tertiary/aromatic N) is 5. The van der Waals surface area contributed by atoms with Gasteiger partial charge in [0.25, 0.3) is 0 Å². The highest BCUT2D eigenvalue weighted by Gasteiger charge is 2.48. The number of carbonyl (C=O) groups excluding carboxylic acids is 1. The summed E-state index contributed by atoms with van der Waals surface area (Å²) >= 11 is 0. The first kappa shape index (κ1) is 32.6. The van der Waals surface area contributed by atoms with E-state index in [9.17, 15) is 10.1 Å². The molecule has 248 valence electrons. The van der Waals surface area contributed by atoms with Gasteiger partial charge in [-0.1, -0.05) is 12.1 Å². The highest BCUT2D eigenvalue weighted by Crippen LogP contribution is 2.35.